The fourth-order valence-electron chi connectivity index (χ4n) is 16.5. The molecule has 1 saturated carbocycles. The topological polar surface area (TPSA) is 11.4 Å². The Balaban J connectivity index is 1.17. The summed E-state index contributed by atoms with van der Waals surface area (Å²) < 4.78 is 2.76. The van der Waals surface area contributed by atoms with Crippen LogP contribution in [0.15, 0.2) is 127 Å². The zero-order chi connectivity index (χ0) is 52.5. The summed E-state index contributed by atoms with van der Waals surface area (Å²) in [7, 11) is 0. The van der Waals surface area contributed by atoms with Gasteiger partial charge in [-0.2, -0.15) is 0 Å². The standard InChI is InChI=1S/C71H78BN3/c1-64(2,3)45-27-29-57-50(35-45)51-36-47(66(7,8)9)39-55-62(51)73(57)59-41-49(74-58-30-28-46(65(4,5)6)37-53(58)71(44-24-17-16-18-25-44)33-22-21-32-69(71,74)14)42-60-61(59)72(55)56-40-48(67(10,11)12)38-54-63(56)75(60)70(15)52-26-20-19-23-43(52)31-34-68(54,70)13/h16-20,23-30,35-42H,21-22,31-34H2,1-15H3. The predicted molar refractivity (Wildman–Crippen MR) is 321 cm³/mol. The van der Waals surface area contributed by atoms with Crippen molar-refractivity contribution >= 4 is 67.7 Å². The zero-order valence-corrected chi connectivity index (χ0v) is 47.8. The number of hydrogen-bond donors (Lipinski definition) is 0. The summed E-state index contributed by atoms with van der Waals surface area (Å²) in [6, 6.07) is 52.4. The van der Waals surface area contributed by atoms with Gasteiger partial charge in [0.25, 0.3) is 6.71 Å². The average Bonchev–Trinajstić information content (AvgIpc) is 3.97. The third-order valence-electron chi connectivity index (χ3n) is 20.9. The lowest BCUT2D eigenvalue weighted by Crippen LogP contribution is -2.63. The molecule has 4 unspecified atom stereocenters. The number of aryl methyl sites for hydroxylation is 1. The van der Waals surface area contributed by atoms with Crippen LogP contribution in [-0.2, 0) is 44.4 Å². The highest BCUT2D eigenvalue weighted by molar-refractivity contribution is 7.00. The second-order valence-electron chi connectivity index (χ2n) is 29.0. The second kappa shape index (κ2) is 14.7. The molecule has 8 aromatic rings. The van der Waals surface area contributed by atoms with E-state index in [2.05, 4.69) is 246 Å². The average molecular weight is 984 g/mol. The van der Waals surface area contributed by atoms with Crippen molar-refractivity contribution in [2.75, 3.05) is 9.80 Å². The largest absolute Gasteiger partial charge is 0.334 e. The summed E-state index contributed by atoms with van der Waals surface area (Å²) in [5, 5.41) is 2.74. The van der Waals surface area contributed by atoms with Crippen molar-refractivity contribution in [3.8, 4) is 5.69 Å². The Morgan fingerprint density at radius 1 is 0.480 bits per heavy atom. The monoisotopic (exact) mass is 984 g/mol. The Morgan fingerprint density at radius 2 is 1.08 bits per heavy atom. The summed E-state index contributed by atoms with van der Waals surface area (Å²) in [5.74, 6) is 0. The number of anilines is 4. The van der Waals surface area contributed by atoms with E-state index in [9.17, 15) is 0 Å². The molecule has 7 aromatic carbocycles. The Labute approximate surface area is 448 Å². The first kappa shape index (κ1) is 47.5. The number of nitrogens with zero attached hydrogens (tertiary/aromatic N) is 3. The van der Waals surface area contributed by atoms with Crippen LogP contribution < -0.4 is 26.2 Å². The van der Waals surface area contributed by atoms with E-state index >= 15 is 0 Å². The maximum Gasteiger partial charge on any atom is 0.252 e. The van der Waals surface area contributed by atoms with Gasteiger partial charge in [-0.05, 0) is 164 Å². The number of rotatable bonds is 2. The summed E-state index contributed by atoms with van der Waals surface area (Å²) >= 11 is 0. The molecule has 75 heavy (non-hydrogen) atoms. The van der Waals surface area contributed by atoms with Crippen molar-refractivity contribution in [1.29, 1.82) is 0 Å². The van der Waals surface area contributed by atoms with Gasteiger partial charge in [0, 0.05) is 55.6 Å². The maximum atomic E-state index is 2.95. The molecular formula is C71H78BN3. The molecule has 4 aliphatic heterocycles. The van der Waals surface area contributed by atoms with Crippen LogP contribution in [-0.4, -0.2) is 16.8 Å². The first-order valence-corrected chi connectivity index (χ1v) is 28.7. The van der Waals surface area contributed by atoms with Crippen LogP contribution in [0.3, 0.4) is 0 Å². The molecule has 4 heteroatoms. The van der Waals surface area contributed by atoms with Crippen molar-refractivity contribution in [3.05, 3.63) is 177 Å². The quantitative estimate of drug-likeness (QED) is 0.160. The summed E-state index contributed by atoms with van der Waals surface area (Å²) in [5.41, 5.74) is 26.0. The van der Waals surface area contributed by atoms with Gasteiger partial charge in [-0.1, -0.05) is 194 Å². The van der Waals surface area contributed by atoms with Crippen LogP contribution in [0.2, 0.25) is 0 Å². The molecular weight excluding hydrogens is 906 g/mol. The van der Waals surface area contributed by atoms with Crippen molar-refractivity contribution < 1.29 is 0 Å². The van der Waals surface area contributed by atoms with Crippen LogP contribution in [0, 0.1) is 0 Å². The van der Waals surface area contributed by atoms with Crippen LogP contribution in [0.1, 0.15) is 186 Å². The van der Waals surface area contributed by atoms with Crippen molar-refractivity contribution in [2.24, 2.45) is 0 Å². The fraction of sp³-hybridized carbons (Fsp3) is 0.408. The predicted octanol–water partition coefficient (Wildman–Crippen LogP) is 16.2. The van der Waals surface area contributed by atoms with Gasteiger partial charge in [-0.25, -0.2) is 0 Å². The lowest BCUT2D eigenvalue weighted by atomic mass is 9.33. The lowest BCUT2D eigenvalue weighted by molar-refractivity contribution is 0.215. The van der Waals surface area contributed by atoms with Crippen LogP contribution in [0.4, 0.5) is 22.7 Å². The second-order valence-corrected chi connectivity index (χ2v) is 29.0. The molecule has 380 valence electrons. The van der Waals surface area contributed by atoms with Gasteiger partial charge in [0.15, 0.2) is 0 Å². The highest BCUT2D eigenvalue weighted by atomic mass is 15.3. The molecule has 0 N–H and O–H groups in total. The number of benzene rings is 7. The molecule has 0 amide bonds. The summed E-state index contributed by atoms with van der Waals surface area (Å²) in [6.07, 6.45) is 6.83. The molecule has 3 nitrogen and oxygen atoms in total. The summed E-state index contributed by atoms with van der Waals surface area (Å²) in [6.45, 7) is 36.8. The minimum atomic E-state index is -0.358. The van der Waals surface area contributed by atoms with Gasteiger partial charge >= 0.3 is 0 Å². The van der Waals surface area contributed by atoms with Crippen LogP contribution >= 0.6 is 0 Å². The Kier molecular flexibility index (Phi) is 9.32. The molecule has 1 aromatic heterocycles. The minimum absolute atomic E-state index is 0.00222. The highest BCUT2D eigenvalue weighted by Crippen LogP contribution is 2.67. The van der Waals surface area contributed by atoms with E-state index in [1.165, 1.54) is 130 Å². The van der Waals surface area contributed by atoms with E-state index in [-0.39, 0.29) is 50.3 Å². The Bertz CT molecular complexity index is 3790. The summed E-state index contributed by atoms with van der Waals surface area (Å²) in [4.78, 5) is 5.85. The molecule has 0 spiro atoms. The van der Waals surface area contributed by atoms with E-state index in [4.69, 9.17) is 0 Å². The Morgan fingerprint density at radius 3 is 1.80 bits per heavy atom. The molecule has 1 fully saturated rings. The molecule has 2 aliphatic carbocycles. The molecule has 0 radical (unpaired) electrons. The maximum absolute atomic E-state index is 2.95. The molecule has 6 aliphatic rings. The first-order chi connectivity index (χ1) is 35.3. The molecule has 0 bridgehead atoms. The van der Waals surface area contributed by atoms with Crippen molar-refractivity contribution in [2.45, 2.75) is 186 Å². The molecule has 5 heterocycles. The van der Waals surface area contributed by atoms with Crippen molar-refractivity contribution in [3.63, 3.8) is 0 Å². The van der Waals surface area contributed by atoms with E-state index in [0.717, 1.165) is 25.7 Å². The number of hydrogen-bond acceptors (Lipinski definition) is 2. The SMILES string of the molecule is CC(C)(C)c1cc2c3c(c1)C1(C)CCc4ccccc4C1(C)N3c1cc(N3c4ccc(C(C)(C)C)cc4C4(c5ccccc5)CCCCC34C)cc3c1B2c1cc(C(C)(C)C)cc2c4cc(C(C)(C)C)ccc4n-3c12. The van der Waals surface area contributed by atoms with E-state index < -0.39 is 0 Å². The van der Waals surface area contributed by atoms with Gasteiger partial charge in [0.1, 0.15) is 0 Å². The van der Waals surface area contributed by atoms with Gasteiger partial charge in [-0.15, -0.1) is 0 Å². The van der Waals surface area contributed by atoms with Crippen LogP contribution in [0.25, 0.3) is 27.5 Å². The van der Waals surface area contributed by atoms with Crippen LogP contribution in [0.5, 0.6) is 0 Å². The van der Waals surface area contributed by atoms with E-state index in [0.29, 0.717) is 0 Å². The molecule has 4 atom stereocenters. The van der Waals surface area contributed by atoms with E-state index in [1.54, 1.807) is 0 Å². The van der Waals surface area contributed by atoms with Gasteiger partial charge in [0.05, 0.1) is 16.6 Å². The van der Waals surface area contributed by atoms with Gasteiger partial charge in [0.2, 0.25) is 0 Å². The number of fused-ring (bicyclic) bond motifs is 15. The normalized spacial score (nSPS) is 24.3. The molecule has 0 saturated heterocycles. The lowest BCUT2D eigenvalue weighted by Gasteiger charge is -2.54. The van der Waals surface area contributed by atoms with Gasteiger partial charge < -0.3 is 14.4 Å². The minimum Gasteiger partial charge on any atom is -0.334 e. The third-order valence-corrected chi connectivity index (χ3v) is 20.9. The van der Waals surface area contributed by atoms with Gasteiger partial charge in [-0.3, -0.25) is 0 Å². The smallest absolute Gasteiger partial charge is 0.252 e. The molecule has 14 rings (SSSR count). The van der Waals surface area contributed by atoms with E-state index in [1.807, 2.05) is 0 Å². The highest BCUT2D eigenvalue weighted by Gasteiger charge is 2.65. The van der Waals surface area contributed by atoms with Crippen molar-refractivity contribution in [1.82, 2.24) is 4.57 Å². The zero-order valence-electron chi connectivity index (χ0n) is 47.8. The third kappa shape index (κ3) is 5.90. The number of aromatic nitrogens is 1. The first-order valence-electron chi connectivity index (χ1n) is 28.7. The Hall–Kier alpha value is -6.00. The fourth-order valence-corrected chi connectivity index (χ4v) is 16.5.